The Labute approximate surface area is 76.9 Å². The van der Waals surface area contributed by atoms with E-state index in [-0.39, 0.29) is 12.4 Å². The van der Waals surface area contributed by atoms with Gasteiger partial charge in [-0.3, -0.25) is 4.79 Å². The zero-order valence-corrected chi connectivity index (χ0v) is 8.09. The smallest absolute Gasteiger partial charge is 0.313 e. The van der Waals surface area contributed by atoms with Gasteiger partial charge in [-0.2, -0.15) is 0 Å². The largest absolute Gasteiger partial charge is 0.466 e. The van der Waals surface area contributed by atoms with Gasteiger partial charge in [0.1, 0.15) is 12.2 Å². The second-order valence-corrected chi connectivity index (χ2v) is 2.72. The lowest BCUT2D eigenvalue weighted by molar-refractivity contribution is -0.142. The molecule has 4 nitrogen and oxygen atoms in total. The molecule has 0 aromatic carbocycles. The first-order chi connectivity index (χ1) is 6.13. The van der Waals surface area contributed by atoms with Crippen LogP contribution in [0.5, 0.6) is 0 Å². The normalized spacial score (nSPS) is 10.1. The molecule has 0 radical (unpaired) electrons. The molecule has 0 spiro atoms. The van der Waals surface area contributed by atoms with E-state index in [1.807, 2.05) is 6.92 Å². The standard InChI is InChI=1S/C9H13NO3/c1-4-12-9(11)5-8-6(2)10-7(3)13-8/h4-5H2,1-3H3. The summed E-state index contributed by atoms with van der Waals surface area (Å²) in [4.78, 5) is 15.1. The maximum absolute atomic E-state index is 11.1. The Kier molecular flexibility index (Phi) is 3.06. The molecule has 0 saturated carbocycles. The van der Waals surface area contributed by atoms with Crippen molar-refractivity contribution in [1.29, 1.82) is 0 Å². The first-order valence-electron chi connectivity index (χ1n) is 4.22. The van der Waals surface area contributed by atoms with Gasteiger partial charge in [-0.15, -0.1) is 0 Å². The Hall–Kier alpha value is -1.32. The molecule has 0 atom stereocenters. The molecule has 0 fully saturated rings. The predicted octanol–water partition coefficient (Wildman–Crippen LogP) is 1.40. The molecule has 1 aromatic rings. The third kappa shape index (κ3) is 2.57. The maximum Gasteiger partial charge on any atom is 0.313 e. The van der Waals surface area contributed by atoms with Crippen LogP contribution in [-0.4, -0.2) is 17.6 Å². The molecule has 0 unspecified atom stereocenters. The number of carbonyl (C=O) groups is 1. The molecule has 0 aliphatic heterocycles. The molecular formula is C9H13NO3. The highest BCUT2D eigenvalue weighted by molar-refractivity contribution is 5.71. The Morgan fingerprint density at radius 1 is 1.54 bits per heavy atom. The summed E-state index contributed by atoms with van der Waals surface area (Å²) in [7, 11) is 0. The van der Waals surface area contributed by atoms with E-state index in [9.17, 15) is 4.79 Å². The monoisotopic (exact) mass is 183 g/mol. The van der Waals surface area contributed by atoms with Crippen molar-refractivity contribution >= 4 is 5.97 Å². The average molecular weight is 183 g/mol. The Balaban J connectivity index is 2.63. The van der Waals surface area contributed by atoms with Crippen molar-refractivity contribution < 1.29 is 13.9 Å². The summed E-state index contributed by atoms with van der Waals surface area (Å²) in [6, 6.07) is 0. The molecule has 0 amide bonds. The molecule has 0 bridgehead atoms. The first kappa shape index (κ1) is 9.77. The molecular weight excluding hydrogens is 170 g/mol. The zero-order chi connectivity index (χ0) is 9.84. The van der Waals surface area contributed by atoms with Gasteiger partial charge in [-0.1, -0.05) is 0 Å². The van der Waals surface area contributed by atoms with Crippen molar-refractivity contribution in [3.63, 3.8) is 0 Å². The van der Waals surface area contributed by atoms with E-state index < -0.39 is 0 Å². The fourth-order valence-electron chi connectivity index (χ4n) is 1.08. The SMILES string of the molecule is CCOC(=O)Cc1oc(C)nc1C. The van der Waals surface area contributed by atoms with Crippen LogP contribution in [0, 0.1) is 13.8 Å². The second kappa shape index (κ2) is 4.07. The van der Waals surface area contributed by atoms with Gasteiger partial charge in [0.15, 0.2) is 5.89 Å². The van der Waals surface area contributed by atoms with E-state index in [1.165, 1.54) is 0 Å². The molecule has 1 heterocycles. The van der Waals surface area contributed by atoms with Gasteiger partial charge in [0.2, 0.25) is 0 Å². The quantitative estimate of drug-likeness (QED) is 0.664. The molecule has 1 rings (SSSR count). The molecule has 1 aromatic heterocycles. The fourth-order valence-corrected chi connectivity index (χ4v) is 1.08. The van der Waals surface area contributed by atoms with Crippen molar-refractivity contribution in [2.45, 2.75) is 27.2 Å². The van der Waals surface area contributed by atoms with Gasteiger partial charge >= 0.3 is 5.97 Å². The zero-order valence-electron chi connectivity index (χ0n) is 8.09. The minimum Gasteiger partial charge on any atom is -0.466 e. The summed E-state index contributed by atoms with van der Waals surface area (Å²) in [5, 5.41) is 0. The van der Waals surface area contributed by atoms with Gasteiger partial charge in [-0.25, -0.2) is 4.98 Å². The van der Waals surface area contributed by atoms with Gasteiger partial charge in [-0.05, 0) is 13.8 Å². The van der Waals surface area contributed by atoms with Crippen molar-refractivity contribution in [2.24, 2.45) is 0 Å². The highest BCUT2D eigenvalue weighted by Crippen LogP contribution is 2.10. The second-order valence-electron chi connectivity index (χ2n) is 2.72. The van der Waals surface area contributed by atoms with Crippen molar-refractivity contribution in [3.8, 4) is 0 Å². The highest BCUT2D eigenvalue weighted by atomic mass is 16.5. The minimum absolute atomic E-state index is 0.167. The summed E-state index contributed by atoms with van der Waals surface area (Å²) < 4.78 is 10.0. The number of ether oxygens (including phenoxy) is 1. The van der Waals surface area contributed by atoms with Crippen LogP contribution in [0.15, 0.2) is 4.42 Å². The Bertz CT molecular complexity index is 304. The Morgan fingerprint density at radius 3 is 2.69 bits per heavy atom. The molecule has 13 heavy (non-hydrogen) atoms. The predicted molar refractivity (Wildman–Crippen MR) is 46.3 cm³/mol. The van der Waals surface area contributed by atoms with E-state index in [1.54, 1.807) is 13.8 Å². The van der Waals surface area contributed by atoms with Crippen LogP contribution in [0.4, 0.5) is 0 Å². The topological polar surface area (TPSA) is 52.3 Å². The lowest BCUT2D eigenvalue weighted by atomic mass is 10.3. The number of hydrogen-bond acceptors (Lipinski definition) is 4. The van der Waals surface area contributed by atoms with Gasteiger partial charge in [0, 0.05) is 6.92 Å². The van der Waals surface area contributed by atoms with Crippen LogP contribution in [0.3, 0.4) is 0 Å². The number of esters is 1. The van der Waals surface area contributed by atoms with Crippen LogP contribution < -0.4 is 0 Å². The number of rotatable bonds is 3. The summed E-state index contributed by atoms with van der Waals surface area (Å²) in [6.45, 7) is 5.73. The maximum atomic E-state index is 11.1. The van der Waals surface area contributed by atoms with E-state index in [0.29, 0.717) is 18.3 Å². The van der Waals surface area contributed by atoms with E-state index in [0.717, 1.165) is 5.69 Å². The number of aryl methyl sites for hydroxylation is 2. The van der Waals surface area contributed by atoms with Gasteiger partial charge in [0.05, 0.1) is 12.3 Å². The molecule has 0 aliphatic carbocycles. The van der Waals surface area contributed by atoms with Crippen molar-refractivity contribution in [3.05, 3.63) is 17.3 Å². The number of oxazole rings is 1. The van der Waals surface area contributed by atoms with Gasteiger partial charge in [0.25, 0.3) is 0 Å². The third-order valence-corrected chi connectivity index (χ3v) is 1.61. The molecule has 72 valence electrons. The van der Waals surface area contributed by atoms with E-state index in [2.05, 4.69) is 4.98 Å². The highest BCUT2D eigenvalue weighted by Gasteiger charge is 2.11. The number of hydrogen-bond donors (Lipinski definition) is 0. The van der Waals surface area contributed by atoms with Crippen LogP contribution in [-0.2, 0) is 16.0 Å². The lowest BCUT2D eigenvalue weighted by Crippen LogP contribution is -2.07. The third-order valence-electron chi connectivity index (χ3n) is 1.61. The van der Waals surface area contributed by atoms with Crippen LogP contribution in [0.2, 0.25) is 0 Å². The van der Waals surface area contributed by atoms with E-state index in [4.69, 9.17) is 9.15 Å². The molecule has 0 aliphatic rings. The minimum atomic E-state index is -0.276. The summed E-state index contributed by atoms with van der Waals surface area (Å²) in [5.74, 6) is 0.898. The van der Waals surface area contributed by atoms with E-state index >= 15 is 0 Å². The Morgan fingerprint density at radius 2 is 2.23 bits per heavy atom. The van der Waals surface area contributed by atoms with Gasteiger partial charge < -0.3 is 9.15 Å². The van der Waals surface area contributed by atoms with Crippen LogP contribution in [0.1, 0.15) is 24.3 Å². The van der Waals surface area contributed by atoms with Crippen molar-refractivity contribution in [1.82, 2.24) is 4.98 Å². The molecule has 4 heteroatoms. The fraction of sp³-hybridized carbons (Fsp3) is 0.556. The summed E-state index contributed by atoms with van der Waals surface area (Å²) in [6.07, 6.45) is 0.167. The van der Waals surface area contributed by atoms with Crippen molar-refractivity contribution in [2.75, 3.05) is 6.61 Å². The van der Waals surface area contributed by atoms with Crippen LogP contribution >= 0.6 is 0 Å². The first-order valence-corrected chi connectivity index (χ1v) is 4.22. The molecule has 0 N–H and O–H groups in total. The molecule has 0 saturated heterocycles. The number of aromatic nitrogens is 1. The summed E-state index contributed by atoms with van der Waals surface area (Å²) in [5.41, 5.74) is 0.755. The van der Waals surface area contributed by atoms with Crippen LogP contribution in [0.25, 0.3) is 0 Å². The number of nitrogens with zero attached hydrogens (tertiary/aromatic N) is 1. The lowest BCUT2D eigenvalue weighted by Gasteiger charge is -1.98. The summed E-state index contributed by atoms with van der Waals surface area (Å²) >= 11 is 0. The number of carbonyl (C=O) groups excluding carboxylic acids is 1. The average Bonchev–Trinajstić information content (AvgIpc) is 2.30.